The Morgan fingerprint density at radius 3 is 2.38 bits per heavy atom. The minimum Gasteiger partial charge on any atom is -0.349 e. The van der Waals surface area contributed by atoms with Crippen LogP contribution in [0.1, 0.15) is 27.0 Å². The van der Waals surface area contributed by atoms with Gasteiger partial charge in [0.15, 0.2) is 0 Å². The molecule has 6 heteroatoms. The summed E-state index contributed by atoms with van der Waals surface area (Å²) in [6, 6.07) is 15.9. The maximum Gasteiger partial charge on any atom is 0.416 e. The third-order valence-electron chi connectivity index (χ3n) is 5.13. The highest BCUT2D eigenvalue weighted by Crippen LogP contribution is 2.36. The fraction of sp³-hybridized carbons (Fsp3) is 0.174. The molecule has 2 nitrogen and oxygen atoms in total. The fourth-order valence-electron chi connectivity index (χ4n) is 3.76. The number of amides is 1. The molecule has 0 saturated carbocycles. The zero-order valence-corrected chi connectivity index (χ0v) is 15.3. The van der Waals surface area contributed by atoms with E-state index in [1.807, 2.05) is 12.1 Å². The van der Waals surface area contributed by atoms with E-state index in [2.05, 4.69) is 5.32 Å². The molecular formula is C23H17F4NO. The van der Waals surface area contributed by atoms with Crippen LogP contribution in [0.25, 0.3) is 11.1 Å². The van der Waals surface area contributed by atoms with Crippen molar-refractivity contribution >= 4 is 5.91 Å². The van der Waals surface area contributed by atoms with Crippen LogP contribution in [0.2, 0.25) is 0 Å². The molecule has 1 atom stereocenters. The Balaban J connectivity index is 1.57. The van der Waals surface area contributed by atoms with Gasteiger partial charge in [-0.2, -0.15) is 13.2 Å². The predicted octanol–water partition coefficient (Wildman–Crippen LogP) is 5.41. The van der Waals surface area contributed by atoms with E-state index < -0.39 is 17.6 Å². The highest BCUT2D eigenvalue weighted by molar-refractivity contribution is 5.94. The van der Waals surface area contributed by atoms with Gasteiger partial charge in [0, 0.05) is 11.6 Å². The van der Waals surface area contributed by atoms with E-state index in [9.17, 15) is 22.4 Å². The van der Waals surface area contributed by atoms with Crippen molar-refractivity contribution < 1.29 is 22.4 Å². The average Bonchev–Trinajstić information content (AvgIpc) is 3.10. The maximum absolute atomic E-state index is 13.1. The first kappa shape index (κ1) is 19.2. The van der Waals surface area contributed by atoms with Crippen molar-refractivity contribution in [2.75, 3.05) is 0 Å². The molecule has 29 heavy (non-hydrogen) atoms. The van der Waals surface area contributed by atoms with Gasteiger partial charge in [-0.3, -0.25) is 4.79 Å². The first-order valence-electron chi connectivity index (χ1n) is 9.16. The van der Waals surface area contributed by atoms with E-state index >= 15 is 0 Å². The SMILES string of the molecule is O=C(NC1Cc2cccc(-c3cccc(C(F)(F)F)c3)c2C1)c1ccc(F)cc1. The van der Waals surface area contributed by atoms with E-state index in [1.54, 1.807) is 12.1 Å². The lowest BCUT2D eigenvalue weighted by atomic mass is 9.95. The molecule has 1 amide bonds. The Morgan fingerprint density at radius 1 is 0.931 bits per heavy atom. The molecule has 1 N–H and O–H groups in total. The number of carbonyl (C=O) groups is 1. The molecule has 0 aromatic heterocycles. The van der Waals surface area contributed by atoms with E-state index in [1.165, 1.54) is 30.3 Å². The summed E-state index contributed by atoms with van der Waals surface area (Å²) in [5, 5.41) is 2.93. The Kier molecular flexibility index (Phi) is 4.86. The van der Waals surface area contributed by atoms with Crippen molar-refractivity contribution in [2.24, 2.45) is 0 Å². The number of benzene rings is 3. The third kappa shape index (κ3) is 4.01. The second kappa shape index (κ2) is 7.35. The van der Waals surface area contributed by atoms with Crippen LogP contribution in [0.3, 0.4) is 0 Å². The monoisotopic (exact) mass is 399 g/mol. The Bertz CT molecular complexity index is 1060. The summed E-state index contributed by atoms with van der Waals surface area (Å²) in [4.78, 5) is 12.4. The summed E-state index contributed by atoms with van der Waals surface area (Å²) >= 11 is 0. The van der Waals surface area contributed by atoms with Crippen LogP contribution >= 0.6 is 0 Å². The van der Waals surface area contributed by atoms with E-state index in [0.29, 0.717) is 24.0 Å². The average molecular weight is 399 g/mol. The number of nitrogens with one attached hydrogen (secondary N) is 1. The molecule has 0 radical (unpaired) electrons. The molecule has 0 aliphatic heterocycles. The molecule has 3 aromatic carbocycles. The van der Waals surface area contributed by atoms with Gasteiger partial charge in [0.1, 0.15) is 5.82 Å². The topological polar surface area (TPSA) is 29.1 Å². The number of carbonyl (C=O) groups excluding carboxylic acids is 1. The third-order valence-corrected chi connectivity index (χ3v) is 5.13. The van der Waals surface area contributed by atoms with Gasteiger partial charge in [-0.25, -0.2) is 4.39 Å². The van der Waals surface area contributed by atoms with Gasteiger partial charge in [0.2, 0.25) is 0 Å². The summed E-state index contributed by atoms with van der Waals surface area (Å²) < 4.78 is 52.3. The quantitative estimate of drug-likeness (QED) is 0.587. The minimum absolute atomic E-state index is 0.172. The van der Waals surface area contributed by atoms with E-state index in [-0.39, 0.29) is 11.9 Å². The normalized spacial score (nSPS) is 15.8. The molecule has 1 aliphatic rings. The molecule has 148 valence electrons. The van der Waals surface area contributed by atoms with Gasteiger partial charge in [-0.15, -0.1) is 0 Å². The molecule has 3 aromatic rings. The highest BCUT2D eigenvalue weighted by Gasteiger charge is 2.31. The van der Waals surface area contributed by atoms with Crippen LogP contribution in [0, 0.1) is 5.82 Å². The number of hydrogen-bond acceptors (Lipinski definition) is 1. The summed E-state index contributed by atoms with van der Waals surface area (Å²) in [7, 11) is 0. The lowest BCUT2D eigenvalue weighted by Crippen LogP contribution is -2.35. The molecule has 0 heterocycles. The number of alkyl halides is 3. The Morgan fingerprint density at radius 2 is 1.66 bits per heavy atom. The van der Waals surface area contributed by atoms with Gasteiger partial charge >= 0.3 is 6.18 Å². The lowest BCUT2D eigenvalue weighted by molar-refractivity contribution is -0.137. The summed E-state index contributed by atoms with van der Waals surface area (Å²) in [5.41, 5.74) is 2.86. The van der Waals surface area contributed by atoms with Crippen LogP contribution in [-0.4, -0.2) is 11.9 Å². The number of fused-ring (bicyclic) bond motifs is 1. The molecule has 1 aliphatic carbocycles. The van der Waals surface area contributed by atoms with Gasteiger partial charge < -0.3 is 5.32 Å². The second-order valence-electron chi connectivity index (χ2n) is 7.11. The van der Waals surface area contributed by atoms with Crippen LogP contribution in [0.15, 0.2) is 66.7 Å². The van der Waals surface area contributed by atoms with Crippen LogP contribution in [-0.2, 0) is 19.0 Å². The highest BCUT2D eigenvalue weighted by atomic mass is 19.4. The predicted molar refractivity (Wildman–Crippen MR) is 102 cm³/mol. The molecule has 0 fully saturated rings. The van der Waals surface area contributed by atoms with Gasteiger partial charge in [0.05, 0.1) is 5.56 Å². The van der Waals surface area contributed by atoms with Gasteiger partial charge in [-0.05, 0) is 71.5 Å². The fourth-order valence-corrected chi connectivity index (χ4v) is 3.76. The molecule has 4 rings (SSSR count). The molecule has 0 spiro atoms. The van der Waals surface area contributed by atoms with Crippen molar-refractivity contribution in [1.29, 1.82) is 0 Å². The van der Waals surface area contributed by atoms with E-state index in [4.69, 9.17) is 0 Å². The second-order valence-corrected chi connectivity index (χ2v) is 7.11. The van der Waals surface area contributed by atoms with Crippen molar-refractivity contribution in [1.82, 2.24) is 5.32 Å². The summed E-state index contributed by atoms with van der Waals surface area (Å²) in [6.07, 6.45) is -3.29. The Labute approximate surface area is 165 Å². The molecule has 1 unspecified atom stereocenters. The summed E-state index contributed by atoms with van der Waals surface area (Å²) in [5.74, 6) is -0.719. The minimum atomic E-state index is -4.40. The van der Waals surface area contributed by atoms with Crippen LogP contribution < -0.4 is 5.32 Å². The first-order chi connectivity index (χ1) is 13.8. The largest absolute Gasteiger partial charge is 0.416 e. The molecule has 0 saturated heterocycles. The zero-order chi connectivity index (χ0) is 20.6. The molecule has 0 bridgehead atoms. The first-order valence-corrected chi connectivity index (χ1v) is 9.16. The van der Waals surface area contributed by atoms with Crippen molar-refractivity contribution in [3.05, 3.63) is 94.8 Å². The Hall–Kier alpha value is -3.15. The number of hydrogen-bond donors (Lipinski definition) is 1. The van der Waals surface area contributed by atoms with E-state index in [0.717, 1.165) is 28.8 Å². The number of halogens is 4. The molecular weight excluding hydrogens is 382 g/mol. The number of rotatable bonds is 3. The van der Waals surface area contributed by atoms with Crippen LogP contribution in [0.4, 0.5) is 17.6 Å². The summed E-state index contributed by atoms with van der Waals surface area (Å²) in [6.45, 7) is 0. The van der Waals surface area contributed by atoms with Gasteiger partial charge in [-0.1, -0.05) is 30.3 Å². The lowest BCUT2D eigenvalue weighted by Gasteiger charge is -2.13. The zero-order valence-electron chi connectivity index (χ0n) is 15.3. The van der Waals surface area contributed by atoms with Crippen LogP contribution in [0.5, 0.6) is 0 Å². The standard InChI is InChI=1S/C23H17F4NO/c24-18-9-7-14(8-10-18)22(29)28-19-12-16-4-2-6-20(21(16)13-19)15-3-1-5-17(11-15)23(25,26)27/h1-11,19H,12-13H2,(H,28,29). The van der Waals surface area contributed by atoms with Crippen molar-refractivity contribution in [3.8, 4) is 11.1 Å². The van der Waals surface area contributed by atoms with Crippen molar-refractivity contribution in [3.63, 3.8) is 0 Å². The van der Waals surface area contributed by atoms with Crippen molar-refractivity contribution in [2.45, 2.75) is 25.1 Å². The smallest absolute Gasteiger partial charge is 0.349 e. The van der Waals surface area contributed by atoms with Gasteiger partial charge in [0.25, 0.3) is 5.91 Å². The maximum atomic E-state index is 13.1.